The van der Waals surface area contributed by atoms with Crippen LogP contribution in [0.15, 0.2) is 42.6 Å². The number of fused-ring (bicyclic) bond motifs is 1. The number of hydrogen-bond acceptors (Lipinski definition) is 6. The van der Waals surface area contributed by atoms with Gasteiger partial charge in [0, 0.05) is 17.6 Å². The van der Waals surface area contributed by atoms with Crippen LogP contribution in [0.5, 0.6) is 5.75 Å². The molecule has 112 valence electrons. The maximum atomic E-state index is 5.81. The minimum atomic E-state index is 0.000742. The van der Waals surface area contributed by atoms with Crippen molar-refractivity contribution >= 4 is 22.7 Å². The first-order chi connectivity index (χ1) is 10.7. The second kappa shape index (κ2) is 5.85. The molecule has 0 unspecified atom stereocenters. The van der Waals surface area contributed by atoms with Gasteiger partial charge in [0.25, 0.3) is 0 Å². The van der Waals surface area contributed by atoms with Crippen molar-refractivity contribution in [3.05, 3.63) is 48.3 Å². The molecule has 2 heterocycles. The number of anilines is 2. The first kappa shape index (κ1) is 14.1. The normalized spacial score (nSPS) is 12.1. The van der Waals surface area contributed by atoms with Crippen molar-refractivity contribution in [3.63, 3.8) is 0 Å². The summed E-state index contributed by atoms with van der Waals surface area (Å²) in [4.78, 5) is 12.9. The molecular formula is C16H17N5O. The topological polar surface area (TPSA) is 86.0 Å². The summed E-state index contributed by atoms with van der Waals surface area (Å²) in [6.45, 7) is 2.02. The highest BCUT2D eigenvalue weighted by atomic mass is 16.5. The Morgan fingerprint density at radius 1 is 1.18 bits per heavy atom. The minimum Gasteiger partial charge on any atom is -0.497 e. The Kier molecular flexibility index (Phi) is 3.74. The predicted molar refractivity (Wildman–Crippen MR) is 86.8 cm³/mol. The van der Waals surface area contributed by atoms with Crippen LogP contribution in [0.25, 0.3) is 10.9 Å². The Morgan fingerprint density at radius 3 is 2.77 bits per heavy atom. The van der Waals surface area contributed by atoms with Crippen LogP contribution < -0.4 is 15.8 Å². The van der Waals surface area contributed by atoms with E-state index < -0.39 is 0 Å². The van der Waals surface area contributed by atoms with E-state index in [0.717, 1.165) is 22.3 Å². The number of aromatic nitrogens is 3. The zero-order valence-corrected chi connectivity index (χ0v) is 12.4. The van der Waals surface area contributed by atoms with Gasteiger partial charge in [-0.2, -0.15) is 4.98 Å². The van der Waals surface area contributed by atoms with Gasteiger partial charge in [0.1, 0.15) is 11.6 Å². The van der Waals surface area contributed by atoms with Gasteiger partial charge >= 0.3 is 0 Å². The molecule has 0 spiro atoms. The van der Waals surface area contributed by atoms with Gasteiger partial charge in [-0.15, -0.1) is 0 Å². The molecular weight excluding hydrogens is 278 g/mol. The van der Waals surface area contributed by atoms with Gasteiger partial charge in [-0.25, -0.2) is 4.98 Å². The molecule has 0 radical (unpaired) electrons. The van der Waals surface area contributed by atoms with E-state index in [1.807, 2.05) is 43.3 Å². The molecule has 0 fully saturated rings. The molecule has 0 aliphatic heterocycles. The highest BCUT2D eigenvalue weighted by molar-refractivity contribution is 5.91. The number of nitrogens with zero attached hydrogens (tertiary/aromatic N) is 3. The number of pyridine rings is 1. The molecule has 0 saturated carbocycles. The molecule has 0 aliphatic rings. The molecule has 3 N–H and O–H groups in total. The third-order valence-corrected chi connectivity index (χ3v) is 3.41. The van der Waals surface area contributed by atoms with Gasteiger partial charge < -0.3 is 15.8 Å². The van der Waals surface area contributed by atoms with E-state index in [1.54, 1.807) is 13.3 Å². The molecule has 6 nitrogen and oxygen atoms in total. The largest absolute Gasteiger partial charge is 0.497 e. The van der Waals surface area contributed by atoms with Crippen LogP contribution in [-0.4, -0.2) is 22.1 Å². The van der Waals surface area contributed by atoms with Crippen molar-refractivity contribution in [1.82, 2.24) is 15.0 Å². The Bertz CT molecular complexity index is 791. The van der Waals surface area contributed by atoms with Crippen LogP contribution in [0.2, 0.25) is 0 Å². The standard InChI is InChI=1S/C16H17N5O/c1-10(13-5-3-4-8-18-13)19-15-12-7-6-11(22-2)9-14(12)20-16(17)21-15/h3-10H,1-2H3,(H3,17,19,20,21)/t10-/m1/s1. The van der Waals surface area contributed by atoms with Crippen LogP contribution in [0.3, 0.4) is 0 Å². The summed E-state index contributed by atoms with van der Waals surface area (Å²) in [5, 5.41) is 4.23. The lowest BCUT2D eigenvalue weighted by Gasteiger charge is -2.16. The van der Waals surface area contributed by atoms with Crippen molar-refractivity contribution in [2.24, 2.45) is 0 Å². The van der Waals surface area contributed by atoms with Gasteiger partial charge in [0.05, 0.1) is 24.4 Å². The van der Waals surface area contributed by atoms with Crippen molar-refractivity contribution in [2.45, 2.75) is 13.0 Å². The van der Waals surface area contributed by atoms with Gasteiger partial charge in [-0.3, -0.25) is 4.98 Å². The van der Waals surface area contributed by atoms with Crippen molar-refractivity contribution in [3.8, 4) is 5.75 Å². The van der Waals surface area contributed by atoms with E-state index >= 15 is 0 Å². The van der Waals surface area contributed by atoms with E-state index in [1.165, 1.54) is 0 Å². The Hall–Kier alpha value is -2.89. The number of nitrogens with two attached hydrogens (primary N) is 1. The van der Waals surface area contributed by atoms with Crippen molar-refractivity contribution in [1.29, 1.82) is 0 Å². The summed E-state index contributed by atoms with van der Waals surface area (Å²) in [6.07, 6.45) is 1.77. The summed E-state index contributed by atoms with van der Waals surface area (Å²) < 4.78 is 5.22. The number of rotatable bonds is 4. The molecule has 1 aromatic carbocycles. The zero-order valence-electron chi connectivity index (χ0n) is 12.4. The van der Waals surface area contributed by atoms with Crippen LogP contribution >= 0.6 is 0 Å². The minimum absolute atomic E-state index is 0.000742. The van der Waals surface area contributed by atoms with Gasteiger partial charge in [0.2, 0.25) is 5.95 Å². The van der Waals surface area contributed by atoms with Crippen molar-refractivity contribution in [2.75, 3.05) is 18.2 Å². The van der Waals surface area contributed by atoms with Crippen LogP contribution in [0.1, 0.15) is 18.7 Å². The average molecular weight is 295 g/mol. The van der Waals surface area contributed by atoms with E-state index in [-0.39, 0.29) is 12.0 Å². The number of ether oxygens (including phenoxy) is 1. The van der Waals surface area contributed by atoms with E-state index in [4.69, 9.17) is 10.5 Å². The molecule has 0 saturated heterocycles. The van der Waals surface area contributed by atoms with E-state index in [0.29, 0.717) is 5.82 Å². The van der Waals surface area contributed by atoms with Gasteiger partial charge in [-0.05, 0) is 31.2 Å². The maximum Gasteiger partial charge on any atom is 0.222 e. The Morgan fingerprint density at radius 2 is 2.05 bits per heavy atom. The number of methoxy groups -OCH3 is 1. The number of hydrogen-bond donors (Lipinski definition) is 2. The zero-order chi connectivity index (χ0) is 15.5. The van der Waals surface area contributed by atoms with E-state index in [2.05, 4.69) is 20.3 Å². The monoisotopic (exact) mass is 295 g/mol. The fraction of sp³-hybridized carbons (Fsp3) is 0.188. The van der Waals surface area contributed by atoms with E-state index in [9.17, 15) is 0 Å². The highest BCUT2D eigenvalue weighted by Crippen LogP contribution is 2.27. The second-order valence-electron chi connectivity index (χ2n) is 4.93. The molecule has 0 amide bonds. The Balaban J connectivity index is 1.99. The predicted octanol–water partition coefficient (Wildman–Crippen LogP) is 2.79. The summed E-state index contributed by atoms with van der Waals surface area (Å²) in [5.41, 5.74) is 7.48. The first-order valence-electron chi connectivity index (χ1n) is 6.96. The summed E-state index contributed by atoms with van der Waals surface area (Å²) in [5.74, 6) is 1.63. The Labute approximate surface area is 128 Å². The maximum absolute atomic E-state index is 5.81. The van der Waals surface area contributed by atoms with Crippen molar-refractivity contribution < 1.29 is 4.74 Å². The molecule has 2 aromatic heterocycles. The summed E-state index contributed by atoms with van der Waals surface area (Å²) >= 11 is 0. The van der Waals surface area contributed by atoms with Crippen LogP contribution in [-0.2, 0) is 0 Å². The molecule has 0 bridgehead atoms. The molecule has 6 heteroatoms. The smallest absolute Gasteiger partial charge is 0.222 e. The third kappa shape index (κ3) is 2.76. The number of benzene rings is 1. The van der Waals surface area contributed by atoms with Gasteiger partial charge in [0.15, 0.2) is 0 Å². The average Bonchev–Trinajstić information content (AvgIpc) is 2.54. The SMILES string of the molecule is COc1ccc2c(N[C@H](C)c3ccccn3)nc(N)nc2c1. The lowest BCUT2D eigenvalue weighted by atomic mass is 10.2. The number of nitrogens with one attached hydrogen (secondary N) is 1. The van der Waals surface area contributed by atoms with Gasteiger partial charge in [-0.1, -0.05) is 6.07 Å². The summed E-state index contributed by atoms with van der Waals surface area (Å²) in [7, 11) is 1.62. The molecule has 3 aromatic rings. The highest BCUT2D eigenvalue weighted by Gasteiger charge is 2.12. The first-order valence-corrected chi connectivity index (χ1v) is 6.96. The quantitative estimate of drug-likeness (QED) is 0.769. The molecule has 22 heavy (non-hydrogen) atoms. The van der Waals surface area contributed by atoms with Crippen LogP contribution in [0, 0.1) is 0 Å². The molecule has 3 rings (SSSR count). The van der Waals surface area contributed by atoms with Crippen LogP contribution in [0.4, 0.5) is 11.8 Å². The third-order valence-electron chi connectivity index (χ3n) is 3.41. The fourth-order valence-corrected chi connectivity index (χ4v) is 2.28. The molecule has 0 aliphatic carbocycles. The second-order valence-corrected chi connectivity index (χ2v) is 4.93. The fourth-order valence-electron chi connectivity index (χ4n) is 2.28. The summed E-state index contributed by atoms with van der Waals surface area (Å²) in [6, 6.07) is 11.4. The molecule has 1 atom stereocenters. The lowest BCUT2D eigenvalue weighted by molar-refractivity contribution is 0.415. The lowest BCUT2D eigenvalue weighted by Crippen LogP contribution is -2.11. The number of nitrogen functional groups attached to an aromatic ring is 1.